The van der Waals surface area contributed by atoms with E-state index in [1.54, 1.807) is 0 Å². The number of benzene rings is 1. The van der Waals surface area contributed by atoms with Crippen LogP contribution in [-0.4, -0.2) is 12.0 Å². The van der Waals surface area contributed by atoms with Gasteiger partial charge in [0.05, 0.1) is 0 Å². The van der Waals surface area contributed by atoms with Crippen molar-refractivity contribution in [2.45, 2.75) is 25.8 Å². The maximum Gasteiger partial charge on any atom is 0.0314 e. The molecule has 0 aliphatic heterocycles. The van der Waals surface area contributed by atoms with Crippen molar-refractivity contribution in [2.24, 2.45) is 0 Å². The third-order valence-electron chi connectivity index (χ3n) is 3.27. The summed E-state index contributed by atoms with van der Waals surface area (Å²) in [5.41, 5.74) is 4.03. The number of nitrogens with zero attached hydrogens (tertiary/aromatic N) is 1. The van der Waals surface area contributed by atoms with Crippen LogP contribution in [-0.2, 0) is 6.42 Å². The Hall–Kier alpha value is -1.67. The molecule has 18 heavy (non-hydrogen) atoms. The molecule has 2 aromatic rings. The highest BCUT2D eigenvalue weighted by Gasteiger charge is 2.06. The molecule has 0 spiro atoms. The molecule has 0 aliphatic rings. The Morgan fingerprint density at radius 1 is 1.11 bits per heavy atom. The van der Waals surface area contributed by atoms with Gasteiger partial charge in [-0.2, -0.15) is 0 Å². The predicted octanol–water partition coefficient (Wildman–Crippen LogP) is 3.34. The van der Waals surface area contributed by atoms with Crippen LogP contribution in [0.25, 0.3) is 0 Å². The third-order valence-corrected chi connectivity index (χ3v) is 3.27. The molecule has 94 valence electrons. The summed E-state index contributed by atoms with van der Waals surface area (Å²) < 4.78 is 0. The van der Waals surface area contributed by atoms with Crippen LogP contribution in [0.3, 0.4) is 0 Å². The maximum atomic E-state index is 4.05. The van der Waals surface area contributed by atoms with E-state index in [0.717, 1.165) is 12.8 Å². The molecule has 0 radical (unpaired) electrons. The van der Waals surface area contributed by atoms with Crippen LogP contribution in [0, 0.1) is 0 Å². The van der Waals surface area contributed by atoms with Gasteiger partial charge in [-0.25, -0.2) is 0 Å². The molecule has 2 nitrogen and oxygen atoms in total. The van der Waals surface area contributed by atoms with Crippen LogP contribution >= 0.6 is 0 Å². The Balaban J connectivity index is 2.17. The van der Waals surface area contributed by atoms with Crippen molar-refractivity contribution < 1.29 is 0 Å². The van der Waals surface area contributed by atoms with E-state index in [0.29, 0.717) is 6.04 Å². The molecule has 0 fully saturated rings. The SMILES string of the molecule is CCC(NC)c1cccc(Cc2ccncc2)c1. The van der Waals surface area contributed by atoms with Gasteiger partial charge in [-0.1, -0.05) is 31.2 Å². The van der Waals surface area contributed by atoms with Gasteiger partial charge in [0.25, 0.3) is 0 Å². The van der Waals surface area contributed by atoms with E-state index >= 15 is 0 Å². The first-order valence-corrected chi connectivity index (χ1v) is 6.48. The van der Waals surface area contributed by atoms with Gasteiger partial charge in [0.2, 0.25) is 0 Å². The fraction of sp³-hybridized carbons (Fsp3) is 0.312. The lowest BCUT2D eigenvalue weighted by atomic mass is 9.99. The van der Waals surface area contributed by atoms with Crippen molar-refractivity contribution in [3.63, 3.8) is 0 Å². The Morgan fingerprint density at radius 3 is 2.56 bits per heavy atom. The second-order valence-corrected chi connectivity index (χ2v) is 4.53. The normalized spacial score (nSPS) is 12.3. The summed E-state index contributed by atoms with van der Waals surface area (Å²) in [6.45, 7) is 2.21. The highest BCUT2D eigenvalue weighted by molar-refractivity contribution is 5.30. The second-order valence-electron chi connectivity index (χ2n) is 4.53. The minimum atomic E-state index is 0.447. The van der Waals surface area contributed by atoms with Crippen LogP contribution in [0.4, 0.5) is 0 Å². The second kappa shape index (κ2) is 6.31. The van der Waals surface area contributed by atoms with E-state index in [1.807, 2.05) is 19.4 Å². The van der Waals surface area contributed by atoms with Crippen molar-refractivity contribution in [3.05, 3.63) is 65.5 Å². The highest BCUT2D eigenvalue weighted by atomic mass is 14.9. The first-order valence-electron chi connectivity index (χ1n) is 6.48. The van der Waals surface area contributed by atoms with Gasteiger partial charge < -0.3 is 5.32 Å². The molecule has 1 unspecified atom stereocenters. The third kappa shape index (κ3) is 3.17. The first kappa shape index (κ1) is 12.8. The first-order chi connectivity index (χ1) is 8.83. The zero-order valence-corrected chi connectivity index (χ0v) is 11.1. The number of rotatable bonds is 5. The average molecular weight is 240 g/mol. The smallest absolute Gasteiger partial charge is 0.0314 e. The fourth-order valence-corrected chi connectivity index (χ4v) is 2.26. The van der Waals surface area contributed by atoms with Gasteiger partial charge in [-0.05, 0) is 48.7 Å². The molecule has 1 atom stereocenters. The molecule has 1 heterocycles. The summed E-state index contributed by atoms with van der Waals surface area (Å²) in [5.74, 6) is 0. The van der Waals surface area contributed by atoms with Crippen LogP contribution < -0.4 is 5.32 Å². The molecule has 2 heteroatoms. The van der Waals surface area contributed by atoms with Gasteiger partial charge in [-0.15, -0.1) is 0 Å². The monoisotopic (exact) mass is 240 g/mol. The Bertz CT molecular complexity index is 475. The van der Waals surface area contributed by atoms with Gasteiger partial charge >= 0.3 is 0 Å². The van der Waals surface area contributed by atoms with Crippen LogP contribution in [0.2, 0.25) is 0 Å². The molecule has 0 bridgehead atoms. The van der Waals surface area contributed by atoms with E-state index in [4.69, 9.17) is 0 Å². The summed E-state index contributed by atoms with van der Waals surface area (Å²) in [6.07, 6.45) is 5.77. The number of hydrogen-bond acceptors (Lipinski definition) is 2. The molecule has 1 aromatic heterocycles. The molecule has 0 saturated carbocycles. The topological polar surface area (TPSA) is 24.9 Å². The van der Waals surface area contributed by atoms with Gasteiger partial charge in [0.1, 0.15) is 0 Å². The molecular formula is C16H20N2. The molecule has 2 rings (SSSR count). The number of nitrogens with one attached hydrogen (secondary N) is 1. The minimum Gasteiger partial charge on any atom is -0.313 e. The Labute approximate surface area is 109 Å². The maximum absolute atomic E-state index is 4.05. The number of pyridine rings is 1. The van der Waals surface area contributed by atoms with E-state index < -0.39 is 0 Å². The van der Waals surface area contributed by atoms with Crippen molar-refractivity contribution in [2.75, 3.05) is 7.05 Å². The quantitative estimate of drug-likeness (QED) is 0.867. The molecule has 0 saturated heterocycles. The van der Waals surface area contributed by atoms with Crippen LogP contribution in [0.15, 0.2) is 48.8 Å². The lowest BCUT2D eigenvalue weighted by molar-refractivity contribution is 0.576. The Kier molecular flexibility index (Phi) is 4.48. The van der Waals surface area contributed by atoms with Gasteiger partial charge in [0.15, 0.2) is 0 Å². The number of hydrogen-bond donors (Lipinski definition) is 1. The summed E-state index contributed by atoms with van der Waals surface area (Å²) in [7, 11) is 2.02. The van der Waals surface area contributed by atoms with Crippen molar-refractivity contribution in [1.29, 1.82) is 0 Å². The van der Waals surface area contributed by atoms with Crippen LogP contribution in [0.1, 0.15) is 36.1 Å². The van der Waals surface area contributed by atoms with E-state index in [2.05, 4.69) is 53.6 Å². The summed E-state index contributed by atoms with van der Waals surface area (Å²) >= 11 is 0. The Morgan fingerprint density at radius 2 is 1.89 bits per heavy atom. The van der Waals surface area contributed by atoms with Crippen LogP contribution in [0.5, 0.6) is 0 Å². The number of aromatic nitrogens is 1. The summed E-state index contributed by atoms with van der Waals surface area (Å²) in [5, 5.41) is 3.35. The molecule has 0 amide bonds. The van der Waals surface area contributed by atoms with Gasteiger partial charge in [-0.3, -0.25) is 4.98 Å². The van der Waals surface area contributed by atoms with E-state index in [9.17, 15) is 0 Å². The van der Waals surface area contributed by atoms with E-state index in [1.165, 1.54) is 16.7 Å². The lowest BCUT2D eigenvalue weighted by Gasteiger charge is -2.15. The van der Waals surface area contributed by atoms with Gasteiger partial charge in [0, 0.05) is 18.4 Å². The van der Waals surface area contributed by atoms with Crippen molar-refractivity contribution >= 4 is 0 Å². The molecular weight excluding hydrogens is 220 g/mol. The largest absolute Gasteiger partial charge is 0.313 e. The lowest BCUT2D eigenvalue weighted by Crippen LogP contribution is -2.15. The fourth-order valence-electron chi connectivity index (χ4n) is 2.26. The summed E-state index contributed by atoms with van der Waals surface area (Å²) in [6, 6.07) is 13.4. The minimum absolute atomic E-state index is 0.447. The predicted molar refractivity (Wildman–Crippen MR) is 75.6 cm³/mol. The molecule has 1 aromatic carbocycles. The highest BCUT2D eigenvalue weighted by Crippen LogP contribution is 2.18. The summed E-state index contributed by atoms with van der Waals surface area (Å²) in [4.78, 5) is 4.05. The average Bonchev–Trinajstić information content (AvgIpc) is 2.42. The van der Waals surface area contributed by atoms with E-state index in [-0.39, 0.29) is 0 Å². The zero-order chi connectivity index (χ0) is 12.8. The molecule has 1 N–H and O–H groups in total. The van der Waals surface area contributed by atoms with Crippen molar-refractivity contribution in [3.8, 4) is 0 Å². The standard InChI is InChI=1S/C16H20N2/c1-3-16(17-2)15-6-4-5-14(12-15)11-13-7-9-18-10-8-13/h4-10,12,16-17H,3,11H2,1-2H3. The zero-order valence-electron chi connectivity index (χ0n) is 11.1. The molecule has 0 aliphatic carbocycles. The van der Waals surface area contributed by atoms with Crippen molar-refractivity contribution in [1.82, 2.24) is 10.3 Å².